The molecule has 0 atom stereocenters. The largest absolute Gasteiger partial charge is 0.447 e. The van der Waals surface area contributed by atoms with Crippen molar-refractivity contribution >= 4 is 52.7 Å². The van der Waals surface area contributed by atoms with Gasteiger partial charge in [-0.15, -0.1) is 11.6 Å². The van der Waals surface area contributed by atoms with E-state index in [-0.39, 0.29) is 120 Å². The zero-order valence-electron chi connectivity index (χ0n) is 49.7. The van der Waals surface area contributed by atoms with Gasteiger partial charge in [-0.25, -0.2) is 14.3 Å². The summed E-state index contributed by atoms with van der Waals surface area (Å²) in [5.41, 5.74) is 2.19. The summed E-state index contributed by atoms with van der Waals surface area (Å²) in [7, 11) is 0. The molecule has 2 aromatic carbocycles. The van der Waals surface area contributed by atoms with Gasteiger partial charge in [-0.1, -0.05) is 43.0 Å². The van der Waals surface area contributed by atoms with Gasteiger partial charge < -0.3 is 64.6 Å². The smallest absolute Gasteiger partial charge is 0.416 e. The first-order valence-electron chi connectivity index (χ1n) is 29.5. The number of piperazine rings is 1. The van der Waals surface area contributed by atoms with E-state index in [0.717, 1.165) is 43.9 Å². The first-order chi connectivity index (χ1) is 42.3. The van der Waals surface area contributed by atoms with Crippen LogP contribution in [0, 0.1) is 18.8 Å². The number of ether oxygens (including phenoxy) is 7. The van der Waals surface area contributed by atoms with Gasteiger partial charge in [0.2, 0.25) is 17.7 Å². The van der Waals surface area contributed by atoms with Crippen LogP contribution in [0.25, 0.3) is 5.65 Å². The number of nitrogens with one attached hydrogen (secondary N) is 5. The van der Waals surface area contributed by atoms with E-state index < -0.39 is 23.7 Å². The number of aromatic nitrogens is 3. The maximum absolute atomic E-state index is 14.4. The average molecular weight is 1240 g/mol. The summed E-state index contributed by atoms with van der Waals surface area (Å²) >= 11 is 5.66. The van der Waals surface area contributed by atoms with Gasteiger partial charge in [0, 0.05) is 114 Å². The molecule has 0 radical (unpaired) electrons. The molecule has 5 N–H and O–H groups in total. The van der Waals surface area contributed by atoms with E-state index in [0.29, 0.717) is 108 Å². The second kappa shape index (κ2) is 42.2. The molecule has 0 bridgehead atoms. The molecule has 4 aromatic rings. The zero-order chi connectivity index (χ0) is 62.2. The fourth-order valence-electron chi connectivity index (χ4n) is 8.51. The summed E-state index contributed by atoms with van der Waals surface area (Å²) in [5.74, 6) is 5.71. The number of fused-ring (bicyclic) bond motifs is 1. The number of halogens is 4. The lowest BCUT2D eigenvalue weighted by Crippen LogP contribution is -2.46. The third kappa shape index (κ3) is 30.2. The minimum absolute atomic E-state index is 0.0272. The Morgan fingerprint density at radius 3 is 1.92 bits per heavy atom. The molecular formula is C61H84ClF3N10O12. The molecule has 1 aliphatic heterocycles. The summed E-state index contributed by atoms with van der Waals surface area (Å²) in [6.45, 7) is 10.6. The zero-order valence-corrected chi connectivity index (χ0v) is 50.5. The van der Waals surface area contributed by atoms with E-state index in [1.165, 1.54) is 12.1 Å². The molecule has 5 rings (SSSR count). The molecule has 0 unspecified atom stereocenters. The van der Waals surface area contributed by atoms with Gasteiger partial charge in [0.1, 0.15) is 12.3 Å². The molecule has 1 aliphatic rings. The number of amides is 5. The van der Waals surface area contributed by atoms with Crippen molar-refractivity contribution in [3.05, 3.63) is 107 Å². The van der Waals surface area contributed by atoms with Crippen LogP contribution in [-0.2, 0) is 60.3 Å². The minimum atomic E-state index is -4.64. The van der Waals surface area contributed by atoms with Crippen molar-refractivity contribution in [2.75, 3.05) is 156 Å². The quantitative estimate of drug-likeness (QED) is 0.0150. The molecule has 26 heteroatoms. The molecule has 1 fully saturated rings. The van der Waals surface area contributed by atoms with Gasteiger partial charge in [-0.05, 0) is 86.2 Å². The van der Waals surface area contributed by atoms with Gasteiger partial charge >= 0.3 is 12.3 Å². The lowest BCUT2D eigenvalue weighted by molar-refractivity contribution is -0.138. The number of carbonyl (C=O) groups is 5. The van der Waals surface area contributed by atoms with Crippen LogP contribution in [0.15, 0.2) is 73.1 Å². The molecule has 2 aromatic heterocycles. The average Bonchev–Trinajstić information content (AvgIpc) is 4.16. The number of hydrogen-bond donors (Lipinski definition) is 5. The van der Waals surface area contributed by atoms with Gasteiger partial charge in [0.25, 0.3) is 5.91 Å². The number of unbranched alkanes of at least 4 members (excludes halogenated alkanes) is 3. The summed E-state index contributed by atoms with van der Waals surface area (Å²) in [4.78, 5) is 70.1. The van der Waals surface area contributed by atoms with Crippen molar-refractivity contribution in [1.82, 2.24) is 45.7 Å². The van der Waals surface area contributed by atoms with Crippen molar-refractivity contribution in [1.29, 1.82) is 0 Å². The predicted octanol–water partition coefficient (Wildman–Crippen LogP) is 5.92. The number of carbonyl (C=O) groups excluding carboxylic acids is 5. The topological polar surface area (TPSA) is 247 Å². The Hall–Kier alpha value is -6.73. The van der Waals surface area contributed by atoms with E-state index in [1.807, 2.05) is 11.8 Å². The monoisotopic (exact) mass is 1240 g/mol. The number of hydrogen-bond acceptors (Lipinski definition) is 16. The first-order valence-corrected chi connectivity index (χ1v) is 30.1. The number of imidazole rings is 1. The molecule has 0 aliphatic carbocycles. The Labute approximate surface area is 512 Å². The normalized spacial score (nSPS) is 12.9. The van der Waals surface area contributed by atoms with Crippen molar-refractivity contribution in [2.45, 2.75) is 71.0 Å². The maximum Gasteiger partial charge on any atom is 0.416 e. The fraction of sp³-hybridized carbons (Fsp3) is 0.557. The van der Waals surface area contributed by atoms with Crippen molar-refractivity contribution in [3.63, 3.8) is 0 Å². The second-order valence-corrected chi connectivity index (χ2v) is 20.4. The van der Waals surface area contributed by atoms with Crippen LogP contribution >= 0.6 is 11.6 Å². The number of anilines is 1. The van der Waals surface area contributed by atoms with Crippen LogP contribution < -0.4 is 26.6 Å². The first kappa shape index (κ1) is 71.0. The Kier molecular flexibility index (Phi) is 34.5. The van der Waals surface area contributed by atoms with E-state index in [1.54, 1.807) is 59.4 Å². The Bertz CT molecular complexity index is 2790. The molecule has 5 amide bonds. The lowest BCUT2D eigenvalue weighted by atomic mass is 10.0. The summed E-state index contributed by atoms with van der Waals surface area (Å²) < 4.78 is 82.6. The van der Waals surface area contributed by atoms with Crippen molar-refractivity contribution in [2.24, 2.45) is 0 Å². The highest BCUT2D eigenvalue weighted by Crippen LogP contribution is 2.35. The van der Waals surface area contributed by atoms with Gasteiger partial charge in [0.05, 0.1) is 84.4 Å². The highest BCUT2D eigenvalue weighted by atomic mass is 35.5. The molecular weight excluding hydrogens is 1160 g/mol. The summed E-state index contributed by atoms with van der Waals surface area (Å²) in [6.07, 6.45) is 6.97. The van der Waals surface area contributed by atoms with Crippen molar-refractivity contribution < 1.29 is 70.3 Å². The van der Waals surface area contributed by atoms with Crippen LogP contribution in [0.5, 0.6) is 0 Å². The van der Waals surface area contributed by atoms with Crippen molar-refractivity contribution in [3.8, 4) is 11.8 Å². The molecule has 0 spiro atoms. The number of alkyl halides is 4. The highest BCUT2D eigenvalue weighted by molar-refractivity contribution is 6.17. The number of nitrogens with zero attached hydrogens (tertiary/aromatic N) is 5. The SMILES string of the molecule is Cc1ccc(C(=O)Nc2ccc(CN3CCN(CCCNC(=O)CCOCCOCCC(=O)NC/C=C/CNC(=O)CCOCCOCCOC(=O)NCCOCCOCCCCCCCl)CC3)c(C(F)(F)F)c2)cc1C#Cc1cnc2cccnn12. The van der Waals surface area contributed by atoms with E-state index in [9.17, 15) is 37.1 Å². The third-order valence-electron chi connectivity index (χ3n) is 13.3. The molecule has 0 saturated carbocycles. The fourth-order valence-corrected chi connectivity index (χ4v) is 8.69. The van der Waals surface area contributed by atoms with E-state index in [2.05, 4.69) is 53.4 Å². The van der Waals surface area contributed by atoms with Crippen LogP contribution in [0.2, 0.25) is 0 Å². The molecule has 478 valence electrons. The summed E-state index contributed by atoms with van der Waals surface area (Å²) in [6, 6.07) is 12.4. The predicted molar refractivity (Wildman–Crippen MR) is 321 cm³/mol. The Morgan fingerprint density at radius 2 is 1.25 bits per heavy atom. The van der Waals surface area contributed by atoms with E-state index >= 15 is 0 Å². The second-order valence-electron chi connectivity index (χ2n) is 20.0. The standard InChI is InChI=1S/C61H84ClF3N10O12/c1-48-11-12-50(44-49(48)14-16-53-46-70-55-10-8-24-71-75(53)55)59(79)72-52-15-13-51(54(45-52)61(63,64)65)47-74-29-27-73(28-30-74)26-9-23-68-58(78)19-34-83-38-37-82-32-17-56(76)66-21-5-6-22-67-57(77)18-33-84-39-41-86-42-43-87-60(80)69-25-35-85-40-36-81-31-7-3-2-4-20-62/h5-6,8,10-13,15,24,44-46H,2-4,7,9,17-23,25-43,47H2,1H3,(H,66,76)(H,67,77)(H,68,78)(H,69,80)(H,72,79)/b6-5+. The molecule has 3 heterocycles. The number of alkyl carbamates (subject to hydrolysis) is 1. The molecule has 22 nitrogen and oxygen atoms in total. The van der Waals surface area contributed by atoms with E-state index in [4.69, 9.17) is 44.8 Å². The Balaban J connectivity index is 0.786. The van der Waals surface area contributed by atoms with Gasteiger partial charge in [0.15, 0.2) is 5.65 Å². The van der Waals surface area contributed by atoms with Crippen LogP contribution in [0.1, 0.15) is 89.7 Å². The minimum Gasteiger partial charge on any atom is -0.447 e. The number of rotatable bonds is 42. The Morgan fingerprint density at radius 1 is 0.644 bits per heavy atom. The number of aryl methyl sites for hydroxylation is 1. The van der Waals surface area contributed by atoms with Gasteiger partial charge in [-0.2, -0.15) is 18.3 Å². The highest BCUT2D eigenvalue weighted by Gasteiger charge is 2.34. The van der Waals surface area contributed by atoms with Gasteiger partial charge in [-0.3, -0.25) is 24.1 Å². The lowest BCUT2D eigenvalue weighted by Gasteiger charge is -2.35. The number of benzene rings is 2. The maximum atomic E-state index is 14.4. The van der Waals surface area contributed by atoms with Crippen LogP contribution in [0.3, 0.4) is 0 Å². The van der Waals surface area contributed by atoms with Crippen LogP contribution in [-0.4, -0.2) is 205 Å². The molecule has 1 saturated heterocycles. The summed E-state index contributed by atoms with van der Waals surface area (Å²) in [5, 5.41) is 17.9. The molecule has 87 heavy (non-hydrogen) atoms. The third-order valence-corrected chi connectivity index (χ3v) is 13.6. The van der Waals surface area contributed by atoms with Crippen LogP contribution in [0.4, 0.5) is 23.7 Å².